The van der Waals surface area contributed by atoms with Crippen molar-refractivity contribution in [1.29, 1.82) is 0 Å². The van der Waals surface area contributed by atoms with Gasteiger partial charge in [0.2, 0.25) is 5.43 Å². The van der Waals surface area contributed by atoms with Gasteiger partial charge < -0.3 is 19.3 Å². The molecule has 1 N–H and O–H groups in total. The molecule has 7 nitrogen and oxygen atoms in total. The lowest BCUT2D eigenvalue weighted by molar-refractivity contribution is -0.0673. The molecule has 164 valence electrons. The van der Waals surface area contributed by atoms with Crippen molar-refractivity contribution in [1.82, 2.24) is 9.47 Å². The van der Waals surface area contributed by atoms with Crippen molar-refractivity contribution in [2.75, 3.05) is 20.7 Å². The number of carbonyl (C=O) groups is 2. The average Bonchev–Trinajstić information content (AvgIpc) is 2.71. The van der Waals surface area contributed by atoms with E-state index in [-0.39, 0.29) is 40.8 Å². The van der Waals surface area contributed by atoms with Gasteiger partial charge in [0.1, 0.15) is 5.82 Å². The number of aromatic nitrogens is 1. The van der Waals surface area contributed by atoms with Crippen molar-refractivity contribution in [3.05, 3.63) is 62.3 Å². The maximum absolute atomic E-state index is 14.1. The number of pyridine rings is 1. The number of hydrogen-bond donors (Lipinski definition) is 1. The Morgan fingerprint density at radius 2 is 2.06 bits per heavy atom. The van der Waals surface area contributed by atoms with E-state index in [0.29, 0.717) is 19.4 Å². The highest BCUT2D eigenvalue weighted by molar-refractivity contribution is 6.30. The van der Waals surface area contributed by atoms with Gasteiger partial charge in [0.15, 0.2) is 17.2 Å². The van der Waals surface area contributed by atoms with E-state index in [2.05, 4.69) is 0 Å². The lowest BCUT2D eigenvalue weighted by Gasteiger charge is -2.53. The van der Waals surface area contributed by atoms with Crippen LogP contribution in [0.5, 0.6) is 5.75 Å². The third kappa shape index (κ3) is 3.43. The lowest BCUT2D eigenvalue weighted by Crippen LogP contribution is -2.61. The van der Waals surface area contributed by atoms with Crippen LogP contribution in [0.1, 0.15) is 45.7 Å². The van der Waals surface area contributed by atoms with Gasteiger partial charge in [-0.25, -0.2) is 4.39 Å². The molecule has 2 aromatic rings. The average molecular weight is 449 g/mol. The lowest BCUT2D eigenvalue weighted by atomic mass is 9.72. The van der Waals surface area contributed by atoms with Gasteiger partial charge in [0.05, 0.1) is 22.2 Å². The highest BCUT2D eigenvalue weighted by Crippen LogP contribution is 2.45. The van der Waals surface area contributed by atoms with E-state index in [1.54, 1.807) is 24.8 Å². The molecular formula is C22H22ClFN2O5. The monoisotopic (exact) mass is 448 g/mol. The normalized spacial score (nSPS) is 22.4. The Labute approximate surface area is 183 Å². The molecule has 0 bridgehead atoms. The van der Waals surface area contributed by atoms with Crippen molar-refractivity contribution >= 4 is 23.3 Å². The van der Waals surface area contributed by atoms with Crippen molar-refractivity contribution in [2.45, 2.75) is 37.3 Å². The van der Waals surface area contributed by atoms with Crippen LogP contribution in [0, 0.1) is 5.82 Å². The summed E-state index contributed by atoms with van der Waals surface area (Å²) in [6.45, 7) is 0.377. The Hall–Kier alpha value is -2.71. The standard InChI is InChI=1S/C22H22ClFN2O5/c1-25-11-22(8-13(9-22)31-2)26-10-14(19(28)20(29)18(26)21(25)30)16(27)7-6-12-4-3-5-15(23)17(12)24/h3-5,10,13,29H,6-9,11H2,1-2H3. The maximum Gasteiger partial charge on any atom is 0.274 e. The minimum Gasteiger partial charge on any atom is -0.503 e. The van der Waals surface area contributed by atoms with E-state index in [1.165, 1.54) is 23.2 Å². The minimum absolute atomic E-state index is 0.0130. The van der Waals surface area contributed by atoms with Gasteiger partial charge in [-0.3, -0.25) is 14.4 Å². The first kappa shape index (κ1) is 21.5. The number of methoxy groups -OCH3 is 1. The van der Waals surface area contributed by atoms with Gasteiger partial charge in [0, 0.05) is 33.3 Å². The van der Waals surface area contributed by atoms with Crippen molar-refractivity contribution in [2.24, 2.45) is 0 Å². The summed E-state index contributed by atoms with van der Waals surface area (Å²) in [5.74, 6) is -2.37. The van der Waals surface area contributed by atoms with Crippen molar-refractivity contribution < 1.29 is 23.8 Å². The van der Waals surface area contributed by atoms with E-state index in [4.69, 9.17) is 16.3 Å². The topological polar surface area (TPSA) is 88.8 Å². The molecule has 1 fully saturated rings. The minimum atomic E-state index is -0.899. The van der Waals surface area contributed by atoms with Crippen LogP contribution in [0.3, 0.4) is 0 Å². The number of fused-ring (bicyclic) bond motifs is 2. The van der Waals surface area contributed by atoms with Crippen LogP contribution in [-0.2, 0) is 16.7 Å². The van der Waals surface area contributed by atoms with Gasteiger partial charge in [-0.05, 0) is 30.9 Å². The number of carbonyl (C=O) groups excluding carboxylic acids is 2. The molecule has 1 aliphatic heterocycles. The predicted molar refractivity (Wildman–Crippen MR) is 111 cm³/mol. The zero-order chi connectivity index (χ0) is 22.5. The van der Waals surface area contributed by atoms with Crippen LogP contribution in [0.2, 0.25) is 5.02 Å². The van der Waals surface area contributed by atoms with E-state index in [1.807, 2.05) is 0 Å². The van der Waals surface area contributed by atoms with Gasteiger partial charge in [-0.2, -0.15) is 0 Å². The fraction of sp³-hybridized carbons (Fsp3) is 0.409. The second kappa shape index (κ2) is 7.76. The van der Waals surface area contributed by atoms with Crippen molar-refractivity contribution in [3.8, 4) is 5.75 Å². The zero-order valence-electron chi connectivity index (χ0n) is 17.2. The van der Waals surface area contributed by atoms with Crippen LogP contribution >= 0.6 is 11.6 Å². The molecule has 2 heterocycles. The van der Waals surface area contributed by atoms with Crippen LogP contribution in [-0.4, -0.2) is 53.1 Å². The molecule has 1 spiro atoms. The first-order valence-corrected chi connectivity index (χ1v) is 10.3. The van der Waals surface area contributed by atoms with Crippen LogP contribution in [0.15, 0.2) is 29.2 Å². The summed E-state index contributed by atoms with van der Waals surface area (Å²) < 4.78 is 21.1. The number of ketones is 1. The quantitative estimate of drug-likeness (QED) is 0.710. The summed E-state index contributed by atoms with van der Waals surface area (Å²) in [6, 6.07) is 4.52. The number of aryl methyl sites for hydroxylation is 1. The Balaban J connectivity index is 1.70. The molecule has 1 aromatic heterocycles. The summed E-state index contributed by atoms with van der Waals surface area (Å²) in [5, 5.41) is 10.5. The molecule has 31 heavy (non-hydrogen) atoms. The second-order valence-corrected chi connectivity index (χ2v) is 8.63. The summed E-state index contributed by atoms with van der Waals surface area (Å²) in [7, 11) is 3.21. The third-order valence-corrected chi connectivity index (χ3v) is 6.57. The molecule has 4 rings (SSSR count). The highest BCUT2D eigenvalue weighted by atomic mass is 35.5. The SMILES string of the molecule is COC1CC2(C1)CN(C)C(=O)c1c(O)c(=O)c(C(=O)CCc3cccc(Cl)c3F)cn12. The molecule has 0 unspecified atom stereocenters. The van der Waals surface area contributed by atoms with E-state index in [0.717, 1.165) is 0 Å². The summed E-state index contributed by atoms with van der Waals surface area (Å²) in [5.41, 5.74) is -1.53. The number of ether oxygens (including phenoxy) is 1. The van der Waals surface area contributed by atoms with Crippen LogP contribution in [0.4, 0.5) is 4.39 Å². The molecular weight excluding hydrogens is 427 g/mol. The van der Waals surface area contributed by atoms with Gasteiger partial charge >= 0.3 is 0 Å². The molecule has 1 aromatic carbocycles. The van der Waals surface area contributed by atoms with Gasteiger partial charge in [-0.15, -0.1) is 0 Å². The molecule has 0 radical (unpaired) electrons. The van der Waals surface area contributed by atoms with Crippen molar-refractivity contribution in [3.63, 3.8) is 0 Å². The zero-order valence-corrected chi connectivity index (χ0v) is 17.9. The number of aromatic hydroxyl groups is 1. The number of amides is 1. The Morgan fingerprint density at radius 3 is 2.74 bits per heavy atom. The molecule has 0 atom stereocenters. The Morgan fingerprint density at radius 1 is 1.35 bits per heavy atom. The first-order chi connectivity index (χ1) is 14.7. The number of hydrogen-bond acceptors (Lipinski definition) is 5. The molecule has 0 saturated heterocycles. The van der Waals surface area contributed by atoms with Gasteiger partial charge in [-0.1, -0.05) is 23.7 Å². The Bertz CT molecular complexity index is 1140. The molecule has 1 saturated carbocycles. The maximum atomic E-state index is 14.1. The number of benzene rings is 1. The van der Waals surface area contributed by atoms with E-state index < -0.39 is 34.2 Å². The number of Topliss-reactive ketones (excluding diaryl/α,β-unsaturated/α-hetero) is 1. The van der Waals surface area contributed by atoms with E-state index in [9.17, 15) is 23.9 Å². The molecule has 9 heteroatoms. The number of halogens is 2. The van der Waals surface area contributed by atoms with Crippen LogP contribution < -0.4 is 5.43 Å². The number of likely N-dealkylation sites (N-methyl/N-ethyl adjacent to an activating group) is 1. The summed E-state index contributed by atoms with van der Waals surface area (Å²) in [6.07, 6.45) is 2.42. The highest BCUT2D eigenvalue weighted by Gasteiger charge is 2.52. The van der Waals surface area contributed by atoms with Gasteiger partial charge in [0.25, 0.3) is 5.91 Å². The third-order valence-electron chi connectivity index (χ3n) is 6.28. The molecule has 1 amide bonds. The second-order valence-electron chi connectivity index (χ2n) is 8.23. The fourth-order valence-electron chi connectivity index (χ4n) is 4.55. The first-order valence-electron chi connectivity index (χ1n) is 9.92. The molecule has 2 aliphatic rings. The largest absolute Gasteiger partial charge is 0.503 e. The smallest absolute Gasteiger partial charge is 0.274 e. The van der Waals surface area contributed by atoms with E-state index >= 15 is 0 Å². The number of nitrogens with zero attached hydrogens (tertiary/aromatic N) is 2. The molecule has 1 aliphatic carbocycles. The summed E-state index contributed by atoms with van der Waals surface area (Å²) >= 11 is 5.78. The number of rotatable bonds is 5. The van der Waals surface area contributed by atoms with Crippen LogP contribution in [0.25, 0.3) is 0 Å². The fourth-order valence-corrected chi connectivity index (χ4v) is 4.75. The Kier molecular flexibility index (Phi) is 5.39. The predicted octanol–water partition coefficient (Wildman–Crippen LogP) is 2.75. The summed E-state index contributed by atoms with van der Waals surface area (Å²) in [4.78, 5) is 39.7.